The zero-order chi connectivity index (χ0) is 78.9. The molecular formula is C74H99N17O16S. The van der Waals surface area contributed by atoms with Crippen molar-refractivity contribution in [2.45, 2.75) is 159 Å². The molecular weight excluding hydrogens is 1410 g/mol. The number of benzene rings is 4. The normalized spacial score (nSPS) is 23.7. The molecule has 33 nitrogen and oxygen atoms in total. The van der Waals surface area contributed by atoms with Gasteiger partial charge in [0.1, 0.15) is 66.5 Å². The highest BCUT2D eigenvalue weighted by Crippen LogP contribution is 2.23. The average molecular weight is 1510 g/mol. The van der Waals surface area contributed by atoms with E-state index in [0.29, 0.717) is 44.9 Å². The zero-order valence-electron chi connectivity index (χ0n) is 61.0. The summed E-state index contributed by atoms with van der Waals surface area (Å²) < 4.78 is 0. The number of aliphatic hydroxyl groups excluding tert-OH is 2. The van der Waals surface area contributed by atoms with Crippen LogP contribution in [0.25, 0.3) is 32.6 Å². The van der Waals surface area contributed by atoms with Gasteiger partial charge in [-0.3, -0.25) is 67.1 Å². The third-order valence-electron chi connectivity index (χ3n) is 18.5. The summed E-state index contributed by atoms with van der Waals surface area (Å²) in [6.07, 6.45) is 2.61. The number of nitrogens with one attached hydrogen (secondary N) is 14. The van der Waals surface area contributed by atoms with Crippen molar-refractivity contribution >= 4 is 127 Å². The molecule has 3 heterocycles. The second-order valence-electron chi connectivity index (χ2n) is 27.4. The van der Waals surface area contributed by atoms with Gasteiger partial charge in [-0.1, -0.05) is 127 Å². The number of hydrogen-bond acceptors (Lipinski definition) is 18. The number of fused-ring (bicyclic) bond motifs is 3. The van der Waals surface area contributed by atoms with Crippen molar-refractivity contribution in [2.75, 3.05) is 37.8 Å². The molecule has 0 radical (unpaired) electrons. The highest BCUT2D eigenvalue weighted by Gasteiger charge is 2.39. The van der Waals surface area contributed by atoms with Crippen molar-refractivity contribution < 1.29 is 77.3 Å². The number of hydrogen-bond donors (Lipinski definition) is 19. The van der Waals surface area contributed by atoms with Gasteiger partial charge in [-0.15, -0.1) is 11.8 Å². The standard InChI is InChI=1S/C74H99N17O16S/c1-7-40(6)63-74(107)87-55(34-92)65(98)80-33-59(95)82-56(35-93)71(104)86-54(30-58(76)94)67(100)85-53(29-45-32-79-49-21-13-11-19-47(45)49)70(103)89-61(38(2)3)72(105)83-50(22-14-15-25-75)66(99)84-52(28-44-31-78-48-20-12-10-18-46(44)48)69(102)90-62(39(4)5)73(106)88-57(64(77)97)36-108-37-60(96)81-51(68(101)91-63)27-41-23-24-42-16-8-9-17-43(42)26-41/h8-13,16-21,23-24,26,31-32,38-40,50-57,61-63,78-79,92-93H,7,14-15,22,25,27-30,33-37,75H2,1-6H3,(H2,76,94)(H2,77,97)(H,80,98)(H,81,96)(H,82,95)(H,83,105)(H,84,99)(H,85,100)(H,86,104)(H,87,107)(H,88,106)(H,89,103)(H,90,102)(H,91,101)/t40-,50-,51-,52+,53-,54-,55-,56-,57-,61-,62-,63-/m0/s1. The maximum Gasteiger partial charge on any atom is 0.245 e. The molecule has 34 heteroatoms. The van der Waals surface area contributed by atoms with Crippen LogP contribution in [-0.2, 0) is 86.4 Å². The largest absolute Gasteiger partial charge is 0.394 e. The van der Waals surface area contributed by atoms with Crippen LogP contribution in [0.1, 0.15) is 90.3 Å². The summed E-state index contributed by atoms with van der Waals surface area (Å²) in [6.45, 7) is 6.85. The van der Waals surface area contributed by atoms with Crippen molar-refractivity contribution in [3.63, 3.8) is 0 Å². The Labute approximate surface area is 627 Å². The predicted octanol–water partition coefficient (Wildman–Crippen LogP) is -2.14. The molecule has 1 aliphatic heterocycles. The molecule has 6 aromatic rings. The van der Waals surface area contributed by atoms with Crippen molar-refractivity contribution in [2.24, 2.45) is 35.0 Å². The van der Waals surface area contributed by atoms with E-state index in [1.54, 1.807) is 109 Å². The quantitative estimate of drug-likeness (QED) is 0.0385. The van der Waals surface area contributed by atoms with E-state index in [4.69, 9.17) is 17.2 Å². The number of amides is 14. The molecule has 108 heavy (non-hydrogen) atoms. The Hall–Kier alpha value is -11.0. The Morgan fingerprint density at radius 3 is 1.47 bits per heavy atom. The Kier molecular flexibility index (Phi) is 31.7. The summed E-state index contributed by atoms with van der Waals surface area (Å²) in [4.78, 5) is 205. The van der Waals surface area contributed by atoms with Crippen LogP contribution in [0.5, 0.6) is 0 Å². The molecule has 7 rings (SSSR count). The zero-order valence-corrected chi connectivity index (χ0v) is 61.9. The van der Waals surface area contributed by atoms with Gasteiger partial charge in [0.25, 0.3) is 0 Å². The SMILES string of the molecule is CC[C@H](C)[C@@H]1NC(=O)[C@H](Cc2ccc3ccccc3c2)NC(=O)CSC[C@@H](C(N)=O)NC(=O)[C@H](C(C)C)NC(=O)[C@@H](Cc2c[nH]c3ccccc23)NC(=O)[C@H](CCCCN)NC(=O)[C@H](C(C)C)NC(=O)[C@H](Cc2c[nH]c3ccccc23)NC(=O)[C@H](CC(N)=O)NC(=O)[C@H](CO)NC(=O)CNC(=O)[C@H](CO)NC1=O. The number of rotatable bonds is 19. The van der Waals surface area contributed by atoms with Crippen LogP contribution in [0.15, 0.2) is 103 Å². The van der Waals surface area contributed by atoms with E-state index in [-0.39, 0.29) is 50.8 Å². The number of carbonyl (C=O) groups excluding carboxylic acids is 14. The Morgan fingerprint density at radius 2 is 0.935 bits per heavy atom. The maximum atomic E-state index is 15.0. The van der Waals surface area contributed by atoms with Crippen molar-refractivity contribution in [3.05, 3.63) is 120 Å². The lowest BCUT2D eigenvalue weighted by atomic mass is 9.96. The van der Waals surface area contributed by atoms with E-state index >= 15 is 0 Å². The number of H-pyrrole nitrogens is 2. The van der Waals surface area contributed by atoms with Crippen molar-refractivity contribution in [3.8, 4) is 0 Å². The molecule has 1 aliphatic rings. The van der Waals surface area contributed by atoms with Gasteiger partial charge in [0.05, 0.1) is 31.9 Å². The van der Waals surface area contributed by atoms with Crippen molar-refractivity contribution in [1.29, 1.82) is 0 Å². The second kappa shape index (κ2) is 40.7. The Balaban J connectivity index is 1.24. The van der Waals surface area contributed by atoms with Crippen LogP contribution < -0.4 is 81.0 Å². The molecule has 2 aromatic heterocycles. The van der Waals surface area contributed by atoms with Gasteiger partial charge in [0.2, 0.25) is 82.7 Å². The van der Waals surface area contributed by atoms with E-state index in [9.17, 15) is 77.3 Å². The minimum atomic E-state index is -1.90. The van der Waals surface area contributed by atoms with Gasteiger partial charge in [-0.05, 0) is 83.2 Å². The molecule has 22 N–H and O–H groups in total. The number of unbranched alkanes of at least 4 members (excludes halogenated alkanes) is 1. The third kappa shape index (κ3) is 24.0. The fraction of sp³-hybridized carbons (Fsp3) is 0.459. The number of para-hydroxylation sites is 2. The first kappa shape index (κ1) is 84.3. The highest BCUT2D eigenvalue weighted by molar-refractivity contribution is 8.00. The molecule has 1 saturated heterocycles. The monoisotopic (exact) mass is 1510 g/mol. The van der Waals surface area contributed by atoms with Gasteiger partial charge >= 0.3 is 0 Å². The van der Waals surface area contributed by atoms with Crippen LogP contribution in [0, 0.1) is 17.8 Å². The van der Waals surface area contributed by atoms with E-state index in [1.807, 2.05) is 36.4 Å². The molecule has 14 amide bonds. The predicted molar refractivity (Wildman–Crippen MR) is 402 cm³/mol. The lowest BCUT2D eigenvalue weighted by Crippen LogP contribution is -2.62. The number of nitrogens with two attached hydrogens (primary N) is 3. The third-order valence-corrected chi connectivity index (χ3v) is 19.6. The molecule has 582 valence electrons. The Bertz CT molecular complexity index is 4220. The first-order chi connectivity index (χ1) is 51.5. The number of aromatic nitrogens is 2. The van der Waals surface area contributed by atoms with Crippen LogP contribution in [0.2, 0.25) is 0 Å². The molecule has 0 bridgehead atoms. The van der Waals surface area contributed by atoms with E-state index in [0.717, 1.165) is 22.5 Å². The van der Waals surface area contributed by atoms with E-state index in [1.165, 1.54) is 0 Å². The van der Waals surface area contributed by atoms with Gasteiger partial charge in [0, 0.05) is 59.2 Å². The lowest BCUT2D eigenvalue weighted by Gasteiger charge is -2.29. The number of aromatic amines is 2. The fourth-order valence-electron chi connectivity index (χ4n) is 12.2. The summed E-state index contributed by atoms with van der Waals surface area (Å²) >= 11 is 0.864. The molecule has 1 fully saturated rings. The smallest absolute Gasteiger partial charge is 0.245 e. The van der Waals surface area contributed by atoms with E-state index in [2.05, 4.69) is 73.8 Å². The molecule has 12 atom stereocenters. The van der Waals surface area contributed by atoms with Gasteiger partial charge in [0.15, 0.2) is 0 Å². The summed E-state index contributed by atoms with van der Waals surface area (Å²) in [6, 6.07) is 9.72. The minimum Gasteiger partial charge on any atom is -0.394 e. The topological polar surface area (TPSA) is 533 Å². The maximum absolute atomic E-state index is 15.0. The van der Waals surface area contributed by atoms with Crippen LogP contribution in [-0.4, -0.2) is 207 Å². The molecule has 0 spiro atoms. The highest BCUT2D eigenvalue weighted by atomic mass is 32.2. The Morgan fingerprint density at radius 1 is 0.481 bits per heavy atom. The van der Waals surface area contributed by atoms with Crippen molar-refractivity contribution in [1.82, 2.24) is 73.8 Å². The summed E-state index contributed by atoms with van der Waals surface area (Å²) in [5.41, 5.74) is 20.3. The summed E-state index contributed by atoms with van der Waals surface area (Å²) in [5.74, 6) is -16.6. The fourth-order valence-corrected chi connectivity index (χ4v) is 13.1. The van der Waals surface area contributed by atoms with Crippen LogP contribution in [0.4, 0.5) is 0 Å². The molecule has 0 unspecified atom stereocenters. The van der Waals surface area contributed by atoms with Crippen LogP contribution in [0.3, 0.4) is 0 Å². The summed E-state index contributed by atoms with van der Waals surface area (Å²) in [7, 11) is 0. The first-order valence-electron chi connectivity index (χ1n) is 35.8. The lowest BCUT2D eigenvalue weighted by molar-refractivity contribution is -0.137. The average Bonchev–Trinajstić information content (AvgIpc) is 1.60. The molecule has 0 aliphatic carbocycles. The molecule has 0 saturated carbocycles. The summed E-state index contributed by atoms with van der Waals surface area (Å²) in [5, 5.41) is 54.5. The first-order valence-corrected chi connectivity index (χ1v) is 36.9. The van der Waals surface area contributed by atoms with Gasteiger partial charge < -0.3 is 101 Å². The number of aliphatic hydroxyl groups is 2. The number of carbonyl (C=O) groups is 14. The van der Waals surface area contributed by atoms with Gasteiger partial charge in [-0.2, -0.15) is 0 Å². The van der Waals surface area contributed by atoms with E-state index < -0.39 is 199 Å². The number of thioether (sulfide) groups is 1. The van der Waals surface area contributed by atoms with Gasteiger partial charge in [-0.25, -0.2) is 0 Å². The number of primary amides is 2. The van der Waals surface area contributed by atoms with Crippen LogP contribution >= 0.6 is 11.8 Å². The second-order valence-corrected chi connectivity index (χ2v) is 28.4. The minimum absolute atomic E-state index is 0.0469. The molecule has 4 aromatic carbocycles.